The van der Waals surface area contributed by atoms with Crippen LogP contribution in [0.4, 0.5) is 4.79 Å². The molecule has 2 aromatic rings. The van der Waals surface area contributed by atoms with Gasteiger partial charge in [0.15, 0.2) is 0 Å². The number of amides is 3. The van der Waals surface area contributed by atoms with E-state index in [0.717, 1.165) is 35.3 Å². The lowest BCUT2D eigenvalue weighted by Gasteiger charge is -2.20. The Balaban J connectivity index is 1.48. The van der Waals surface area contributed by atoms with Gasteiger partial charge in [-0.05, 0) is 51.2 Å². The van der Waals surface area contributed by atoms with Gasteiger partial charge in [0.05, 0.1) is 5.92 Å². The summed E-state index contributed by atoms with van der Waals surface area (Å²) in [4.78, 5) is 48.8. The number of fused-ring (bicyclic) bond motifs is 3. The van der Waals surface area contributed by atoms with Crippen LogP contribution in [-0.4, -0.2) is 40.0 Å². The molecule has 9 nitrogen and oxygen atoms in total. The molecule has 1 aromatic heterocycles. The number of carbonyl (C=O) groups excluding carboxylic acids is 2. The first-order chi connectivity index (χ1) is 14.7. The van der Waals surface area contributed by atoms with Crippen molar-refractivity contribution in [3.63, 3.8) is 0 Å². The number of carboxylic acids is 1. The quantitative estimate of drug-likeness (QED) is 0.490. The van der Waals surface area contributed by atoms with E-state index in [1.807, 2.05) is 6.07 Å². The zero-order valence-corrected chi connectivity index (χ0v) is 17.5. The Kier molecular flexibility index (Phi) is 5.28. The van der Waals surface area contributed by atoms with E-state index in [1.54, 1.807) is 26.0 Å². The molecule has 2 N–H and O–H groups in total. The van der Waals surface area contributed by atoms with Gasteiger partial charge in [-0.25, -0.2) is 4.79 Å². The predicted octanol–water partition coefficient (Wildman–Crippen LogP) is 3.54. The van der Waals surface area contributed by atoms with Gasteiger partial charge >= 0.3 is 12.0 Å². The SMILES string of the molecule is CC1(C)NC(=O)N(CCC(CC(N=O)c2ccc3c4c(oc3c2)CCC4)C(=O)O)C1=O. The van der Waals surface area contributed by atoms with E-state index < -0.39 is 35.4 Å². The van der Waals surface area contributed by atoms with Gasteiger partial charge in [-0.15, -0.1) is 0 Å². The van der Waals surface area contributed by atoms with Crippen LogP contribution in [-0.2, 0) is 22.4 Å². The number of carbonyl (C=O) groups is 3. The Morgan fingerprint density at radius 2 is 2.10 bits per heavy atom. The molecule has 1 aromatic carbocycles. The standard InChI is InChI=1S/C22H25N3O6/c1-22(2)20(28)25(21(29)23-22)9-8-13(19(26)27)10-16(24-30)12-6-7-15-14-4-3-5-17(14)31-18(15)11-12/h6-7,11,13,16H,3-5,8-10H2,1-2H3,(H,23,29)(H,26,27). The molecule has 31 heavy (non-hydrogen) atoms. The third-order valence-corrected chi connectivity index (χ3v) is 6.25. The Morgan fingerprint density at radius 3 is 2.74 bits per heavy atom. The number of furan rings is 1. The second-order valence-electron chi connectivity index (χ2n) is 8.81. The summed E-state index contributed by atoms with van der Waals surface area (Å²) in [5, 5.41) is 16.4. The van der Waals surface area contributed by atoms with Crippen LogP contribution in [0.5, 0.6) is 0 Å². The van der Waals surface area contributed by atoms with Crippen molar-refractivity contribution in [2.24, 2.45) is 11.1 Å². The third kappa shape index (κ3) is 3.80. The zero-order valence-electron chi connectivity index (χ0n) is 17.5. The summed E-state index contributed by atoms with van der Waals surface area (Å²) in [5.41, 5.74) is 1.47. The van der Waals surface area contributed by atoms with Crippen molar-refractivity contribution in [1.29, 1.82) is 0 Å². The molecule has 0 saturated carbocycles. The third-order valence-electron chi connectivity index (χ3n) is 6.25. The van der Waals surface area contributed by atoms with Gasteiger partial charge in [0, 0.05) is 23.9 Å². The van der Waals surface area contributed by atoms with Crippen LogP contribution in [0.25, 0.3) is 11.0 Å². The number of benzene rings is 1. The van der Waals surface area contributed by atoms with Crippen molar-refractivity contribution >= 4 is 28.9 Å². The minimum Gasteiger partial charge on any atom is -0.481 e. The molecule has 1 aliphatic carbocycles. The van der Waals surface area contributed by atoms with E-state index in [2.05, 4.69) is 10.5 Å². The minimum atomic E-state index is -1.10. The molecule has 3 amide bonds. The predicted molar refractivity (Wildman–Crippen MR) is 111 cm³/mol. The lowest BCUT2D eigenvalue weighted by molar-refractivity contribution is -0.143. The van der Waals surface area contributed by atoms with Crippen LogP contribution in [0.3, 0.4) is 0 Å². The number of imide groups is 1. The highest BCUT2D eigenvalue weighted by molar-refractivity contribution is 6.06. The number of carboxylic acid groups (broad SMARTS) is 1. The molecule has 2 unspecified atom stereocenters. The van der Waals surface area contributed by atoms with Crippen LogP contribution in [0, 0.1) is 10.8 Å². The van der Waals surface area contributed by atoms with Crippen LogP contribution >= 0.6 is 0 Å². The molecule has 164 valence electrons. The summed E-state index contributed by atoms with van der Waals surface area (Å²) >= 11 is 0. The number of nitroso groups, excluding NO2 is 1. The highest BCUT2D eigenvalue weighted by Crippen LogP contribution is 2.36. The number of hydrogen-bond donors (Lipinski definition) is 2. The summed E-state index contributed by atoms with van der Waals surface area (Å²) in [6.07, 6.45) is 2.94. The first kappa shape index (κ1) is 21.0. The molecule has 4 rings (SSSR count). The molecule has 1 aliphatic heterocycles. The highest BCUT2D eigenvalue weighted by atomic mass is 16.4. The van der Waals surface area contributed by atoms with E-state index in [4.69, 9.17) is 4.42 Å². The topological polar surface area (TPSA) is 129 Å². The molecule has 2 atom stereocenters. The van der Waals surface area contributed by atoms with Gasteiger partial charge in [-0.1, -0.05) is 17.3 Å². The Hall–Kier alpha value is -3.23. The fourth-order valence-corrected chi connectivity index (χ4v) is 4.48. The van der Waals surface area contributed by atoms with Crippen molar-refractivity contribution in [3.8, 4) is 0 Å². The lowest BCUT2D eigenvalue weighted by atomic mass is 9.92. The first-order valence-electron chi connectivity index (χ1n) is 10.4. The van der Waals surface area contributed by atoms with Crippen molar-refractivity contribution in [2.45, 2.75) is 57.5 Å². The van der Waals surface area contributed by atoms with Gasteiger partial charge in [-0.2, -0.15) is 4.91 Å². The molecular weight excluding hydrogens is 402 g/mol. The van der Waals surface area contributed by atoms with Crippen molar-refractivity contribution in [2.75, 3.05) is 6.54 Å². The van der Waals surface area contributed by atoms with Crippen LogP contribution < -0.4 is 5.32 Å². The molecule has 0 bridgehead atoms. The van der Waals surface area contributed by atoms with Gasteiger partial charge in [0.2, 0.25) is 0 Å². The van der Waals surface area contributed by atoms with Gasteiger partial charge in [0.1, 0.15) is 22.9 Å². The molecule has 0 radical (unpaired) electrons. The van der Waals surface area contributed by atoms with Crippen LogP contribution in [0.1, 0.15) is 56.0 Å². The molecule has 9 heteroatoms. The largest absolute Gasteiger partial charge is 0.481 e. The van der Waals surface area contributed by atoms with Crippen molar-refractivity contribution in [1.82, 2.24) is 10.2 Å². The summed E-state index contributed by atoms with van der Waals surface area (Å²) in [6.45, 7) is 3.14. The number of nitrogens with one attached hydrogen (secondary N) is 1. The van der Waals surface area contributed by atoms with E-state index in [0.29, 0.717) is 11.1 Å². The number of hydrogen-bond acceptors (Lipinski definition) is 6. The summed E-state index contributed by atoms with van der Waals surface area (Å²) < 4.78 is 5.91. The molecule has 1 fully saturated rings. The van der Waals surface area contributed by atoms with Crippen LogP contribution in [0.15, 0.2) is 27.8 Å². The Bertz CT molecular complexity index is 1070. The number of nitrogens with zero attached hydrogens (tertiary/aromatic N) is 2. The maximum atomic E-state index is 12.3. The molecule has 0 spiro atoms. The number of urea groups is 1. The second-order valence-corrected chi connectivity index (χ2v) is 8.81. The first-order valence-corrected chi connectivity index (χ1v) is 10.4. The lowest BCUT2D eigenvalue weighted by Crippen LogP contribution is -2.40. The van der Waals surface area contributed by atoms with E-state index in [-0.39, 0.29) is 19.4 Å². The fourth-order valence-electron chi connectivity index (χ4n) is 4.48. The van der Waals surface area contributed by atoms with Gasteiger partial charge in [-0.3, -0.25) is 14.5 Å². The number of aryl methyl sites for hydroxylation is 2. The Labute approximate surface area is 178 Å². The maximum Gasteiger partial charge on any atom is 0.325 e. The Morgan fingerprint density at radius 1 is 1.32 bits per heavy atom. The molecule has 2 heterocycles. The molecule has 2 aliphatic rings. The zero-order chi connectivity index (χ0) is 22.3. The number of aliphatic carboxylic acids is 1. The highest BCUT2D eigenvalue weighted by Gasteiger charge is 2.44. The van der Waals surface area contributed by atoms with Crippen LogP contribution in [0.2, 0.25) is 0 Å². The summed E-state index contributed by atoms with van der Waals surface area (Å²) in [5.74, 6) is -1.46. The van der Waals surface area contributed by atoms with E-state index in [1.165, 1.54) is 5.56 Å². The smallest absolute Gasteiger partial charge is 0.325 e. The van der Waals surface area contributed by atoms with Gasteiger partial charge < -0.3 is 14.8 Å². The van der Waals surface area contributed by atoms with Gasteiger partial charge in [0.25, 0.3) is 5.91 Å². The van der Waals surface area contributed by atoms with E-state index >= 15 is 0 Å². The summed E-state index contributed by atoms with van der Waals surface area (Å²) in [6, 6.07) is 4.05. The monoisotopic (exact) mass is 427 g/mol. The number of rotatable bonds is 8. The minimum absolute atomic E-state index is 0.0300. The maximum absolute atomic E-state index is 12.3. The van der Waals surface area contributed by atoms with E-state index in [9.17, 15) is 24.4 Å². The fraction of sp³-hybridized carbons (Fsp3) is 0.500. The average molecular weight is 427 g/mol. The normalized spacial score (nSPS) is 19.4. The molecular formula is C22H25N3O6. The summed E-state index contributed by atoms with van der Waals surface area (Å²) in [7, 11) is 0. The average Bonchev–Trinajstić information content (AvgIpc) is 3.34. The van der Waals surface area contributed by atoms with Crippen molar-refractivity contribution < 1.29 is 23.9 Å². The van der Waals surface area contributed by atoms with Crippen molar-refractivity contribution in [3.05, 3.63) is 40.0 Å². The molecule has 1 saturated heterocycles. The second kappa shape index (κ2) is 7.79.